The molecule has 0 unspecified atom stereocenters. The van der Waals surface area contributed by atoms with Gasteiger partial charge in [0.25, 0.3) is 0 Å². The fourth-order valence-electron chi connectivity index (χ4n) is 1.90. The maximum atomic E-state index is 12.3. The number of methoxy groups -OCH3 is 1. The molecular weight excluding hydrogens is 254 g/mol. The highest BCUT2D eigenvalue weighted by molar-refractivity contribution is 5.89. The van der Waals surface area contributed by atoms with Crippen molar-refractivity contribution >= 4 is 11.7 Å². The van der Waals surface area contributed by atoms with Crippen molar-refractivity contribution < 1.29 is 9.53 Å². The number of benzene rings is 1. The highest BCUT2D eigenvalue weighted by Crippen LogP contribution is 2.11. The smallest absolute Gasteiger partial charge is 0.321 e. The lowest BCUT2D eigenvalue weighted by atomic mass is 10.2. The molecule has 0 aliphatic carbocycles. The molecule has 0 aromatic heterocycles. The third-order valence-electron chi connectivity index (χ3n) is 2.85. The predicted octanol–water partition coefficient (Wildman–Crippen LogP) is 2.28. The maximum absolute atomic E-state index is 12.3. The van der Waals surface area contributed by atoms with Gasteiger partial charge >= 0.3 is 6.03 Å². The molecular formula is C15H25N3O2. The SMILES string of the molecule is COCCN(CC(C)C)C(=O)Nc1cccc(CN)c1. The highest BCUT2D eigenvalue weighted by Gasteiger charge is 2.14. The Balaban J connectivity index is 2.68. The number of rotatable bonds is 7. The lowest BCUT2D eigenvalue weighted by Gasteiger charge is -2.24. The molecule has 3 N–H and O–H groups in total. The Morgan fingerprint density at radius 1 is 1.45 bits per heavy atom. The minimum Gasteiger partial charge on any atom is -0.383 e. The van der Waals surface area contributed by atoms with Crippen LogP contribution in [0, 0.1) is 5.92 Å². The van der Waals surface area contributed by atoms with Gasteiger partial charge in [0.2, 0.25) is 0 Å². The van der Waals surface area contributed by atoms with Crippen LogP contribution in [0.15, 0.2) is 24.3 Å². The molecule has 0 bridgehead atoms. The number of hydrogen-bond donors (Lipinski definition) is 2. The maximum Gasteiger partial charge on any atom is 0.321 e. The molecule has 112 valence electrons. The van der Waals surface area contributed by atoms with E-state index in [1.165, 1.54) is 0 Å². The van der Waals surface area contributed by atoms with E-state index in [1.807, 2.05) is 24.3 Å². The average Bonchev–Trinajstić information content (AvgIpc) is 2.43. The van der Waals surface area contributed by atoms with Crippen molar-refractivity contribution in [1.29, 1.82) is 0 Å². The fourth-order valence-corrected chi connectivity index (χ4v) is 1.90. The van der Waals surface area contributed by atoms with Gasteiger partial charge in [0.15, 0.2) is 0 Å². The lowest BCUT2D eigenvalue weighted by Crippen LogP contribution is -2.39. The van der Waals surface area contributed by atoms with Crippen molar-refractivity contribution in [3.8, 4) is 0 Å². The van der Waals surface area contributed by atoms with Gasteiger partial charge in [0, 0.05) is 32.4 Å². The van der Waals surface area contributed by atoms with Crippen LogP contribution in [0.1, 0.15) is 19.4 Å². The molecule has 0 heterocycles. The molecule has 0 aliphatic rings. The van der Waals surface area contributed by atoms with Crippen molar-refractivity contribution in [2.75, 3.05) is 32.1 Å². The Morgan fingerprint density at radius 2 is 2.20 bits per heavy atom. The molecule has 0 saturated heterocycles. The summed E-state index contributed by atoms with van der Waals surface area (Å²) in [4.78, 5) is 14.0. The number of nitrogens with zero attached hydrogens (tertiary/aromatic N) is 1. The Kier molecular flexibility index (Phi) is 7.04. The van der Waals surface area contributed by atoms with Crippen LogP contribution in [-0.2, 0) is 11.3 Å². The Morgan fingerprint density at radius 3 is 2.80 bits per heavy atom. The number of nitrogens with two attached hydrogens (primary N) is 1. The highest BCUT2D eigenvalue weighted by atomic mass is 16.5. The largest absolute Gasteiger partial charge is 0.383 e. The first-order chi connectivity index (χ1) is 9.56. The standard InChI is InChI=1S/C15H25N3O2/c1-12(2)11-18(7-8-20-3)15(19)17-14-6-4-5-13(9-14)10-16/h4-6,9,12H,7-8,10-11,16H2,1-3H3,(H,17,19). The van der Waals surface area contributed by atoms with E-state index >= 15 is 0 Å². The first kappa shape index (κ1) is 16.5. The lowest BCUT2D eigenvalue weighted by molar-refractivity contribution is 0.150. The van der Waals surface area contributed by atoms with Crippen LogP contribution in [-0.4, -0.2) is 37.7 Å². The van der Waals surface area contributed by atoms with Gasteiger partial charge in [-0.25, -0.2) is 4.79 Å². The number of carbonyl (C=O) groups is 1. The van der Waals surface area contributed by atoms with Crippen LogP contribution in [0.25, 0.3) is 0 Å². The second-order valence-corrected chi connectivity index (χ2v) is 5.17. The van der Waals surface area contributed by atoms with Gasteiger partial charge in [-0.15, -0.1) is 0 Å². The molecule has 0 spiro atoms. The van der Waals surface area contributed by atoms with Gasteiger partial charge in [-0.2, -0.15) is 0 Å². The van der Waals surface area contributed by atoms with E-state index in [9.17, 15) is 4.79 Å². The second-order valence-electron chi connectivity index (χ2n) is 5.17. The van der Waals surface area contributed by atoms with Crippen molar-refractivity contribution in [3.05, 3.63) is 29.8 Å². The van der Waals surface area contributed by atoms with E-state index in [-0.39, 0.29) is 6.03 Å². The second kappa shape index (κ2) is 8.55. The summed E-state index contributed by atoms with van der Waals surface area (Å²) in [6.07, 6.45) is 0. The van der Waals surface area contributed by atoms with Gasteiger partial charge in [0.1, 0.15) is 0 Å². The minimum absolute atomic E-state index is 0.107. The van der Waals surface area contributed by atoms with Gasteiger partial charge in [-0.05, 0) is 23.6 Å². The molecule has 0 saturated carbocycles. The fraction of sp³-hybridized carbons (Fsp3) is 0.533. The summed E-state index contributed by atoms with van der Waals surface area (Å²) in [6.45, 7) is 6.44. The first-order valence-electron chi connectivity index (χ1n) is 6.90. The van der Waals surface area contributed by atoms with E-state index < -0.39 is 0 Å². The summed E-state index contributed by atoms with van der Waals surface area (Å²) in [5.74, 6) is 0.410. The van der Waals surface area contributed by atoms with Crippen molar-refractivity contribution in [2.45, 2.75) is 20.4 Å². The third kappa shape index (κ3) is 5.59. The van der Waals surface area contributed by atoms with Gasteiger partial charge in [0.05, 0.1) is 6.61 Å². The number of hydrogen-bond acceptors (Lipinski definition) is 3. The summed E-state index contributed by atoms with van der Waals surface area (Å²) in [5.41, 5.74) is 7.36. The van der Waals surface area contributed by atoms with Crippen molar-refractivity contribution in [1.82, 2.24) is 4.90 Å². The Hall–Kier alpha value is -1.59. The molecule has 5 heteroatoms. The summed E-state index contributed by atoms with van der Waals surface area (Å²) in [7, 11) is 1.64. The zero-order valence-electron chi connectivity index (χ0n) is 12.6. The van der Waals surface area contributed by atoms with E-state index in [0.717, 1.165) is 11.3 Å². The van der Waals surface area contributed by atoms with Crippen LogP contribution in [0.3, 0.4) is 0 Å². The minimum atomic E-state index is -0.107. The zero-order chi connectivity index (χ0) is 15.0. The van der Waals surface area contributed by atoms with E-state index in [4.69, 9.17) is 10.5 Å². The number of urea groups is 1. The number of carbonyl (C=O) groups excluding carboxylic acids is 1. The number of anilines is 1. The Bertz CT molecular complexity index is 421. The molecule has 2 amide bonds. The van der Waals surface area contributed by atoms with Crippen LogP contribution in [0.5, 0.6) is 0 Å². The van der Waals surface area contributed by atoms with E-state index in [1.54, 1.807) is 12.0 Å². The summed E-state index contributed by atoms with van der Waals surface area (Å²) >= 11 is 0. The average molecular weight is 279 g/mol. The first-order valence-corrected chi connectivity index (χ1v) is 6.90. The normalized spacial score (nSPS) is 10.7. The molecule has 1 aromatic carbocycles. The van der Waals surface area contributed by atoms with Gasteiger partial charge in [-0.1, -0.05) is 26.0 Å². The molecule has 0 radical (unpaired) electrons. The van der Waals surface area contributed by atoms with E-state index in [2.05, 4.69) is 19.2 Å². The topological polar surface area (TPSA) is 67.6 Å². The number of nitrogens with one attached hydrogen (secondary N) is 1. The Labute approximate surface area is 121 Å². The van der Waals surface area contributed by atoms with Crippen molar-refractivity contribution in [2.24, 2.45) is 11.7 Å². The molecule has 0 fully saturated rings. The predicted molar refractivity (Wildman–Crippen MR) is 81.6 cm³/mol. The van der Waals surface area contributed by atoms with Crippen LogP contribution in [0.4, 0.5) is 10.5 Å². The van der Waals surface area contributed by atoms with Gasteiger partial charge < -0.3 is 20.7 Å². The number of ether oxygens (including phenoxy) is 1. The summed E-state index contributed by atoms with van der Waals surface area (Å²) < 4.78 is 5.05. The van der Waals surface area contributed by atoms with Gasteiger partial charge in [-0.3, -0.25) is 0 Å². The molecule has 1 rings (SSSR count). The van der Waals surface area contributed by atoms with E-state index in [0.29, 0.717) is 32.2 Å². The van der Waals surface area contributed by atoms with Crippen molar-refractivity contribution in [3.63, 3.8) is 0 Å². The molecule has 5 nitrogen and oxygen atoms in total. The number of amides is 2. The van der Waals surface area contributed by atoms with Crippen LogP contribution < -0.4 is 11.1 Å². The molecule has 0 atom stereocenters. The molecule has 0 aliphatic heterocycles. The monoisotopic (exact) mass is 279 g/mol. The zero-order valence-corrected chi connectivity index (χ0v) is 12.6. The molecule has 20 heavy (non-hydrogen) atoms. The summed E-state index contributed by atoms with van der Waals surface area (Å²) in [6, 6.07) is 7.47. The van der Waals surface area contributed by atoms with Crippen LogP contribution in [0.2, 0.25) is 0 Å². The molecule has 1 aromatic rings. The third-order valence-corrected chi connectivity index (χ3v) is 2.85. The quantitative estimate of drug-likeness (QED) is 0.804. The van der Waals surface area contributed by atoms with Crippen LogP contribution >= 0.6 is 0 Å². The summed E-state index contributed by atoms with van der Waals surface area (Å²) in [5, 5.41) is 2.91.